The van der Waals surface area contributed by atoms with Gasteiger partial charge in [-0.3, -0.25) is 34.2 Å². The highest BCUT2D eigenvalue weighted by molar-refractivity contribution is 6.27. The summed E-state index contributed by atoms with van der Waals surface area (Å²) in [5.74, 6) is -3.45. The number of amides is 5. The molecule has 0 aromatic heterocycles. The van der Waals surface area contributed by atoms with Gasteiger partial charge < -0.3 is 5.73 Å². The van der Waals surface area contributed by atoms with Gasteiger partial charge in [0, 0.05) is 6.42 Å². The van der Waals surface area contributed by atoms with Crippen molar-refractivity contribution < 1.29 is 24.0 Å². The summed E-state index contributed by atoms with van der Waals surface area (Å²) < 4.78 is 0. The summed E-state index contributed by atoms with van der Waals surface area (Å²) >= 11 is 0. The molecule has 3 rings (SSSR count). The Morgan fingerprint density at radius 1 is 1.22 bits per heavy atom. The number of carbonyl (C=O) groups is 5. The van der Waals surface area contributed by atoms with Crippen LogP contribution in [0.3, 0.4) is 0 Å². The summed E-state index contributed by atoms with van der Waals surface area (Å²) in [5.41, 5.74) is 3.62. The van der Waals surface area contributed by atoms with Crippen LogP contribution in [-0.2, 0) is 9.59 Å². The van der Waals surface area contributed by atoms with Crippen LogP contribution in [0, 0.1) is 0 Å². The number of benzene rings is 1. The summed E-state index contributed by atoms with van der Waals surface area (Å²) in [6.45, 7) is 1.42. The van der Waals surface area contributed by atoms with Gasteiger partial charge >= 0.3 is 0 Å². The molecule has 3 N–H and O–H groups in total. The average molecular weight is 315 g/mol. The quantitative estimate of drug-likeness (QED) is 0.716. The summed E-state index contributed by atoms with van der Waals surface area (Å²) in [5, 5.41) is 2.14. The molecule has 0 spiro atoms. The number of hydrogen-bond donors (Lipinski definition) is 2. The zero-order valence-electron chi connectivity index (χ0n) is 12.2. The standard InChI is InChI=1S/C15H13N3O5/c1-15(6-5-9(19)17-14(15)23)18-12(21)8-4-2-3-7(11(16)20)10(8)13(18)22/h2-4H,5-6H2,1H3,(H2,16,20)(H,17,19,23). The number of carbonyl (C=O) groups excluding carboxylic acids is 5. The van der Waals surface area contributed by atoms with E-state index < -0.39 is 35.1 Å². The molecule has 8 nitrogen and oxygen atoms in total. The second-order valence-corrected chi connectivity index (χ2v) is 5.69. The second kappa shape index (κ2) is 4.73. The Bertz CT molecular complexity index is 800. The van der Waals surface area contributed by atoms with Crippen LogP contribution in [0.5, 0.6) is 0 Å². The Morgan fingerprint density at radius 3 is 2.52 bits per heavy atom. The van der Waals surface area contributed by atoms with Gasteiger partial charge in [-0.2, -0.15) is 0 Å². The number of nitrogens with one attached hydrogen (secondary N) is 1. The maximum absolute atomic E-state index is 12.7. The molecule has 1 aromatic carbocycles. The third kappa shape index (κ3) is 1.95. The summed E-state index contributed by atoms with van der Waals surface area (Å²) in [4.78, 5) is 61.1. The van der Waals surface area contributed by atoms with Gasteiger partial charge in [0.25, 0.3) is 17.7 Å². The van der Waals surface area contributed by atoms with E-state index in [1.165, 1.54) is 25.1 Å². The number of primary amides is 1. The van der Waals surface area contributed by atoms with Gasteiger partial charge in [-0.05, 0) is 25.5 Å². The molecule has 2 aliphatic heterocycles. The van der Waals surface area contributed by atoms with Crippen LogP contribution in [0.25, 0.3) is 0 Å². The largest absolute Gasteiger partial charge is 0.366 e. The van der Waals surface area contributed by atoms with Gasteiger partial charge in [0.15, 0.2) is 0 Å². The highest BCUT2D eigenvalue weighted by Crippen LogP contribution is 2.35. The molecule has 5 amide bonds. The van der Waals surface area contributed by atoms with Crippen LogP contribution in [-0.4, -0.2) is 40.0 Å². The number of rotatable bonds is 2. The van der Waals surface area contributed by atoms with Gasteiger partial charge in [-0.1, -0.05) is 6.07 Å². The van der Waals surface area contributed by atoms with E-state index in [0.717, 1.165) is 4.90 Å². The Hall–Kier alpha value is -3.03. The molecule has 23 heavy (non-hydrogen) atoms. The lowest BCUT2D eigenvalue weighted by Gasteiger charge is -2.38. The van der Waals surface area contributed by atoms with Crippen LogP contribution in [0.15, 0.2) is 18.2 Å². The summed E-state index contributed by atoms with van der Waals surface area (Å²) in [6.07, 6.45) is 0.0351. The molecule has 0 aliphatic carbocycles. The molecular formula is C15H13N3O5. The van der Waals surface area contributed by atoms with E-state index in [-0.39, 0.29) is 29.5 Å². The number of nitrogens with zero attached hydrogens (tertiary/aromatic N) is 1. The minimum Gasteiger partial charge on any atom is -0.366 e. The van der Waals surface area contributed by atoms with Crippen molar-refractivity contribution in [3.8, 4) is 0 Å². The molecule has 1 saturated heterocycles. The smallest absolute Gasteiger partial charge is 0.263 e. The van der Waals surface area contributed by atoms with Crippen molar-refractivity contribution in [1.82, 2.24) is 10.2 Å². The Kier molecular flexibility index (Phi) is 3.06. The first-order chi connectivity index (χ1) is 10.8. The van der Waals surface area contributed by atoms with Crippen LogP contribution >= 0.6 is 0 Å². The van der Waals surface area contributed by atoms with Crippen molar-refractivity contribution in [3.05, 3.63) is 34.9 Å². The Balaban J connectivity index is 2.11. The van der Waals surface area contributed by atoms with Crippen molar-refractivity contribution in [2.24, 2.45) is 5.73 Å². The first-order valence-corrected chi connectivity index (χ1v) is 6.93. The number of nitrogens with two attached hydrogens (primary N) is 1. The molecule has 2 aliphatic rings. The van der Waals surface area contributed by atoms with E-state index in [1.807, 2.05) is 0 Å². The highest BCUT2D eigenvalue weighted by Gasteiger charge is 2.53. The number of fused-ring (bicyclic) bond motifs is 1. The second-order valence-electron chi connectivity index (χ2n) is 5.69. The van der Waals surface area contributed by atoms with Gasteiger partial charge in [-0.15, -0.1) is 0 Å². The normalized spacial score (nSPS) is 23.8. The van der Waals surface area contributed by atoms with Crippen molar-refractivity contribution in [3.63, 3.8) is 0 Å². The van der Waals surface area contributed by atoms with E-state index in [2.05, 4.69) is 5.32 Å². The first-order valence-electron chi connectivity index (χ1n) is 6.93. The van der Waals surface area contributed by atoms with Crippen molar-refractivity contribution >= 4 is 29.5 Å². The maximum Gasteiger partial charge on any atom is 0.263 e. The molecule has 0 saturated carbocycles. The fraction of sp³-hybridized carbons (Fsp3) is 0.267. The molecular weight excluding hydrogens is 302 g/mol. The molecule has 1 atom stereocenters. The summed E-state index contributed by atoms with van der Waals surface area (Å²) in [7, 11) is 0. The average Bonchev–Trinajstić information content (AvgIpc) is 2.76. The molecule has 1 aromatic rings. The van der Waals surface area contributed by atoms with Crippen molar-refractivity contribution in [2.45, 2.75) is 25.3 Å². The molecule has 1 unspecified atom stereocenters. The maximum atomic E-state index is 12.7. The third-order valence-corrected chi connectivity index (χ3v) is 4.25. The van der Waals surface area contributed by atoms with E-state index in [4.69, 9.17) is 5.73 Å². The third-order valence-electron chi connectivity index (χ3n) is 4.25. The predicted octanol–water partition coefficient (Wildman–Crippen LogP) is -0.423. The van der Waals surface area contributed by atoms with Crippen LogP contribution in [0.1, 0.15) is 50.8 Å². The molecule has 0 radical (unpaired) electrons. The molecule has 1 fully saturated rings. The minimum absolute atomic E-state index is 0.0122. The van der Waals surface area contributed by atoms with Crippen LogP contribution in [0.4, 0.5) is 0 Å². The van der Waals surface area contributed by atoms with Crippen molar-refractivity contribution in [2.75, 3.05) is 0 Å². The number of hydrogen-bond acceptors (Lipinski definition) is 5. The van der Waals surface area contributed by atoms with Crippen LogP contribution in [0.2, 0.25) is 0 Å². The van der Waals surface area contributed by atoms with Crippen molar-refractivity contribution in [1.29, 1.82) is 0 Å². The molecule has 118 valence electrons. The number of piperidine rings is 1. The van der Waals surface area contributed by atoms with Gasteiger partial charge in [0.2, 0.25) is 11.8 Å². The van der Waals surface area contributed by atoms with Crippen LogP contribution < -0.4 is 11.1 Å². The zero-order valence-corrected chi connectivity index (χ0v) is 12.2. The fourth-order valence-electron chi connectivity index (χ4n) is 2.95. The Labute approximate surface area is 130 Å². The molecule has 0 bridgehead atoms. The monoisotopic (exact) mass is 315 g/mol. The van der Waals surface area contributed by atoms with Gasteiger partial charge in [0.05, 0.1) is 16.7 Å². The highest BCUT2D eigenvalue weighted by atomic mass is 16.2. The van der Waals surface area contributed by atoms with E-state index in [0.29, 0.717) is 0 Å². The first kappa shape index (κ1) is 14.9. The zero-order chi connectivity index (χ0) is 16.9. The lowest BCUT2D eigenvalue weighted by Crippen LogP contribution is -2.62. The molecule has 2 heterocycles. The van der Waals surface area contributed by atoms with Gasteiger partial charge in [0.1, 0.15) is 5.54 Å². The Morgan fingerprint density at radius 2 is 1.91 bits per heavy atom. The van der Waals surface area contributed by atoms with E-state index in [9.17, 15) is 24.0 Å². The predicted molar refractivity (Wildman–Crippen MR) is 76.2 cm³/mol. The lowest BCUT2D eigenvalue weighted by atomic mass is 9.89. The topological polar surface area (TPSA) is 127 Å². The minimum atomic E-state index is -1.49. The number of imide groups is 2. The fourth-order valence-corrected chi connectivity index (χ4v) is 2.95. The van der Waals surface area contributed by atoms with E-state index >= 15 is 0 Å². The van der Waals surface area contributed by atoms with E-state index in [1.54, 1.807) is 0 Å². The SMILES string of the molecule is CC1(N2C(=O)c3cccc(C(N)=O)c3C2=O)CCC(=O)NC1=O. The molecule has 8 heteroatoms. The summed E-state index contributed by atoms with van der Waals surface area (Å²) in [6, 6.07) is 4.19. The lowest BCUT2D eigenvalue weighted by molar-refractivity contribution is -0.140. The van der Waals surface area contributed by atoms with Gasteiger partial charge in [-0.25, -0.2) is 0 Å².